The van der Waals surface area contributed by atoms with Gasteiger partial charge in [-0.05, 0) is 29.8 Å². The fourth-order valence-electron chi connectivity index (χ4n) is 2.17. The molecule has 3 rings (SSSR count). The van der Waals surface area contributed by atoms with Crippen molar-refractivity contribution in [3.05, 3.63) is 54.4 Å². The van der Waals surface area contributed by atoms with Gasteiger partial charge in [-0.25, -0.2) is 14.0 Å². The molecule has 3 aromatic rings. The van der Waals surface area contributed by atoms with Crippen LogP contribution in [0.4, 0.5) is 0 Å². The number of hydrogen-bond donors (Lipinski definition) is 3. The van der Waals surface area contributed by atoms with Gasteiger partial charge in [0.1, 0.15) is 0 Å². The fourth-order valence-corrected chi connectivity index (χ4v) is 2.75. The van der Waals surface area contributed by atoms with E-state index in [0.29, 0.717) is 21.8 Å². The summed E-state index contributed by atoms with van der Waals surface area (Å²) in [6, 6.07) is 11.9. The van der Waals surface area contributed by atoms with Crippen LogP contribution in [-0.4, -0.2) is 41.9 Å². The summed E-state index contributed by atoms with van der Waals surface area (Å²) >= 11 is 0. The van der Waals surface area contributed by atoms with Crippen LogP contribution in [0.25, 0.3) is 16.9 Å². The molecule has 2 aromatic heterocycles. The van der Waals surface area contributed by atoms with Crippen molar-refractivity contribution in [2.24, 2.45) is 0 Å². The van der Waals surface area contributed by atoms with Gasteiger partial charge in [-0.2, -0.15) is 15.0 Å². The lowest BCUT2D eigenvalue weighted by molar-refractivity contribution is -0.122. The van der Waals surface area contributed by atoms with E-state index >= 15 is 0 Å². The number of nitrogens with one attached hydrogen (secondary N) is 1. The molecule has 9 nitrogen and oxygen atoms in total. The average Bonchev–Trinajstić information content (AvgIpc) is 3.03. The van der Waals surface area contributed by atoms with E-state index in [1.165, 1.54) is 29.4 Å². The summed E-state index contributed by atoms with van der Waals surface area (Å²) in [5.41, 5.74) is 1.75. The van der Waals surface area contributed by atoms with E-state index in [9.17, 15) is 9.32 Å². The van der Waals surface area contributed by atoms with Gasteiger partial charge in [0.2, 0.25) is 5.88 Å². The molecule has 0 saturated carbocycles. The largest absolute Gasteiger partial charge is 0.493 e. The third-order valence-corrected chi connectivity index (χ3v) is 4.60. The van der Waals surface area contributed by atoms with Crippen LogP contribution in [0.2, 0.25) is 0 Å². The first-order valence-electron chi connectivity index (χ1n) is 7.37. The van der Waals surface area contributed by atoms with Crippen molar-refractivity contribution in [1.29, 1.82) is 10.0 Å². The zero-order valence-corrected chi connectivity index (χ0v) is 14.9. The number of hydrogen-bond acceptors (Lipinski definition) is 7. The van der Waals surface area contributed by atoms with E-state index in [1.54, 1.807) is 30.3 Å². The van der Waals surface area contributed by atoms with Crippen LogP contribution >= 0.6 is 0 Å². The zero-order chi connectivity index (χ0) is 20.0. The van der Waals surface area contributed by atoms with Crippen molar-refractivity contribution in [3.63, 3.8) is 0 Å². The number of nitriles is 1. The van der Waals surface area contributed by atoms with Gasteiger partial charge in [-0.15, -0.1) is 0 Å². The molecule has 0 amide bonds. The van der Waals surface area contributed by atoms with Crippen LogP contribution in [0.1, 0.15) is 5.56 Å². The maximum atomic E-state index is 11.7. The minimum absolute atomic E-state index is 0.0944. The molecule has 1 aromatic carbocycles. The zero-order valence-electron chi connectivity index (χ0n) is 14.1. The Morgan fingerprint density at radius 2 is 1.85 bits per heavy atom. The van der Waals surface area contributed by atoms with Crippen molar-refractivity contribution in [1.82, 2.24) is 14.8 Å². The molecular formula is C17H15N5O4S. The lowest BCUT2D eigenvalue weighted by Crippen LogP contribution is -2.01. The quantitative estimate of drug-likeness (QED) is 0.584. The molecule has 0 bridgehead atoms. The van der Waals surface area contributed by atoms with Gasteiger partial charge in [-0.3, -0.25) is 4.79 Å². The number of aromatic nitrogens is 3. The van der Waals surface area contributed by atoms with Gasteiger partial charge in [0.15, 0.2) is 5.82 Å². The number of carboxylic acid groups (broad SMARTS) is 1. The second-order valence-corrected chi connectivity index (χ2v) is 7.44. The molecule has 0 aliphatic carbocycles. The Hall–Kier alpha value is -3.71. The smallest absolute Gasteiger partial charge is 0.290 e. The number of nitrogens with zero attached hydrogens (tertiary/aromatic N) is 4. The Bertz CT molecular complexity index is 1080. The number of pyridine rings is 1. The second kappa shape index (κ2) is 8.11. The highest BCUT2D eigenvalue weighted by Gasteiger charge is 2.14. The minimum atomic E-state index is -2.84. The predicted octanol–water partition coefficient (Wildman–Crippen LogP) is 2.25. The highest BCUT2D eigenvalue weighted by atomic mass is 32.2. The first-order chi connectivity index (χ1) is 12.8. The Morgan fingerprint density at radius 3 is 2.33 bits per heavy atom. The third kappa shape index (κ3) is 4.47. The van der Waals surface area contributed by atoms with Gasteiger partial charge in [0, 0.05) is 12.5 Å². The molecule has 0 saturated heterocycles. The van der Waals surface area contributed by atoms with Gasteiger partial charge in [0.05, 0.1) is 38.0 Å². The molecule has 3 N–H and O–H groups in total. The number of rotatable bonds is 3. The van der Waals surface area contributed by atoms with Crippen LogP contribution in [0.5, 0.6) is 5.88 Å². The molecule has 0 aliphatic heterocycles. The molecule has 2 heterocycles. The maximum Gasteiger partial charge on any atom is 0.290 e. The Morgan fingerprint density at radius 1 is 1.22 bits per heavy atom. The van der Waals surface area contributed by atoms with Crippen LogP contribution in [0, 0.1) is 16.1 Å². The minimum Gasteiger partial charge on any atom is -0.493 e. The van der Waals surface area contributed by atoms with Crippen molar-refractivity contribution < 1.29 is 19.2 Å². The van der Waals surface area contributed by atoms with E-state index in [1.807, 2.05) is 6.07 Å². The Kier molecular flexibility index (Phi) is 5.89. The first-order valence-corrected chi connectivity index (χ1v) is 9.34. The standard InChI is InChI=1S/C16H13N5O2S.CH2O2/c1-24(18,23)13-6-7-15(19-9-13)21-16(22)14(10-20-21)12-4-2-11(8-17)3-5-12;2-1-3/h2-7,9-10,18,22H,1H3;1H,(H,2,3). The molecule has 1 atom stereocenters. The molecule has 0 aliphatic rings. The Labute approximate surface area is 155 Å². The van der Waals surface area contributed by atoms with Gasteiger partial charge >= 0.3 is 0 Å². The van der Waals surface area contributed by atoms with Crippen molar-refractivity contribution in [2.75, 3.05) is 6.26 Å². The molecule has 0 radical (unpaired) electrons. The molecule has 27 heavy (non-hydrogen) atoms. The van der Waals surface area contributed by atoms with E-state index < -0.39 is 9.73 Å². The summed E-state index contributed by atoms with van der Waals surface area (Å²) in [6.45, 7) is -0.250. The second-order valence-electron chi connectivity index (χ2n) is 5.28. The van der Waals surface area contributed by atoms with Crippen LogP contribution < -0.4 is 0 Å². The molecule has 138 valence electrons. The number of benzene rings is 1. The van der Waals surface area contributed by atoms with Gasteiger partial charge in [-0.1, -0.05) is 12.1 Å². The van der Waals surface area contributed by atoms with Gasteiger partial charge in [0.25, 0.3) is 6.47 Å². The fraction of sp³-hybridized carbons (Fsp3) is 0.0588. The maximum absolute atomic E-state index is 11.7. The molecular weight excluding hydrogens is 370 g/mol. The SMILES string of the molecule is CS(=N)(=O)c1ccc(-n2ncc(-c3ccc(C#N)cc3)c2O)nc1.O=CO. The normalized spacial score (nSPS) is 12.1. The summed E-state index contributed by atoms with van der Waals surface area (Å²) in [6.07, 6.45) is 4.16. The first kappa shape index (κ1) is 19.6. The number of aromatic hydroxyl groups is 1. The van der Waals surface area contributed by atoms with Crippen LogP contribution in [0.3, 0.4) is 0 Å². The van der Waals surface area contributed by atoms with E-state index in [2.05, 4.69) is 10.1 Å². The predicted molar refractivity (Wildman–Crippen MR) is 96.9 cm³/mol. The monoisotopic (exact) mass is 385 g/mol. The lowest BCUT2D eigenvalue weighted by atomic mass is 10.1. The van der Waals surface area contributed by atoms with E-state index in [-0.39, 0.29) is 12.4 Å². The van der Waals surface area contributed by atoms with E-state index in [4.69, 9.17) is 19.9 Å². The molecule has 0 fully saturated rings. The molecule has 10 heteroatoms. The number of carbonyl (C=O) groups is 1. The van der Waals surface area contributed by atoms with Gasteiger partial charge < -0.3 is 10.2 Å². The highest BCUT2D eigenvalue weighted by molar-refractivity contribution is 7.91. The van der Waals surface area contributed by atoms with Crippen molar-refractivity contribution in [2.45, 2.75) is 4.90 Å². The lowest BCUT2D eigenvalue weighted by Gasteiger charge is -2.05. The van der Waals surface area contributed by atoms with Crippen molar-refractivity contribution in [3.8, 4) is 28.9 Å². The van der Waals surface area contributed by atoms with E-state index in [0.717, 1.165) is 5.56 Å². The summed E-state index contributed by atoms with van der Waals surface area (Å²) in [5.74, 6) is 0.253. The Balaban J connectivity index is 0.000000817. The highest BCUT2D eigenvalue weighted by Crippen LogP contribution is 2.30. The van der Waals surface area contributed by atoms with Crippen molar-refractivity contribution >= 4 is 16.2 Å². The average molecular weight is 385 g/mol. The third-order valence-electron chi connectivity index (χ3n) is 3.46. The van der Waals surface area contributed by atoms with Crippen LogP contribution in [-0.2, 0) is 14.5 Å². The summed E-state index contributed by atoms with van der Waals surface area (Å²) < 4.78 is 20.5. The summed E-state index contributed by atoms with van der Waals surface area (Å²) in [4.78, 5) is 12.8. The summed E-state index contributed by atoms with van der Waals surface area (Å²) in [5, 5.41) is 30.2. The molecule has 1 unspecified atom stereocenters. The van der Waals surface area contributed by atoms with Crippen LogP contribution in [0.15, 0.2) is 53.7 Å². The topological polar surface area (TPSA) is 153 Å². The summed E-state index contributed by atoms with van der Waals surface area (Å²) in [7, 11) is -2.84. The molecule has 0 spiro atoms.